The minimum Gasteiger partial charge on any atom is -0.463 e. The van der Waals surface area contributed by atoms with Crippen LogP contribution in [0.1, 0.15) is 20.8 Å². The van der Waals surface area contributed by atoms with Gasteiger partial charge in [0, 0.05) is 19.3 Å². The molecule has 0 rings (SSSR count). The second-order valence-electron chi connectivity index (χ2n) is 3.48. The molecule has 0 aliphatic carbocycles. The van der Waals surface area contributed by atoms with Crippen LogP contribution in [0.2, 0.25) is 6.04 Å². The quantitative estimate of drug-likeness (QED) is 0.200. The lowest BCUT2D eigenvalue weighted by atomic mass is 10.6. The van der Waals surface area contributed by atoms with E-state index in [1.807, 2.05) is 20.8 Å². The van der Waals surface area contributed by atoms with Crippen LogP contribution in [0.4, 0.5) is 0 Å². The number of ether oxygens (including phenoxy) is 3. The van der Waals surface area contributed by atoms with E-state index in [0.717, 1.165) is 6.04 Å². The molecule has 0 saturated heterocycles. The third-order valence-corrected chi connectivity index (χ3v) is 4.04. The summed E-state index contributed by atoms with van der Waals surface area (Å²) in [6.45, 7) is 10.9. The molecule has 94 valence electrons. The zero-order valence-corrected chi connectivity index (χ0v) is 11.9. The zero-order valence-electron chi connectivity index (χ0n) is 10.5. The van der Waals surface area contributed by atoms with Gasteiger partial charge in [0.05, 0.1) is 16.1 Å². The molecular weight excluding hydrogens is 224 g/mol. The Kier molecular flexibility index (Phi) is 8.15. The molecule has 0 amide bonds. The Labute approximate surface area is 99.8 Å². The van der Waals surface area contributed by atoms with E-state index < -0.39 is 14.9 Å². The van der Waals surface area contributed by atoms with E-state index in [-0.39, 0.29) is 5.97 Å². The van der Waals surface area contributed by atoms with Crippen LogP contribution in [0, 0.1) is 0 Å². The predicted molar refractivity (Wildman–Crippen MR) is 66.2 cm³/mol. The van der Waals surface area contributed by atoms with Gasteiger partial charge in [0.2, 0.25) is 0 Å². The maximum absolute atomic E-state index is 10.8. The van der Waals surface area contributed by atoms with E-state index in [1.54, 1.807) is 0 Å². The fourth-order valence-electron chi connectivity index (χ4n) is 1.42. The van der Waals surface area contributed by atoms with Gasteiger partial charge in [-0.1, -0.05) is 6.58 Å². The van der Waals surface area contributed by atoms with Crippen LogP contribution in [0.25, 0.3) is 0 Å². The van der Waals surface area contributed by atoms with Crippen LogP contribution in [0.5, 0.6) is 0 Å². The van der Waals surface area contributed by atoms with Crippen LogP contribution in [0.15, 0.2) is 12.7 Å². The molecule has 0 aromatic carbocycles. The van der Waals surface area contributed by atoms with E-state index >= 15 is 0 Å². The highest BCUT2D eigenvalue weighted by atomic mass is 28.2. The highest BCUT2D eigenvalue weighted by Crippen LogP contribution is 2.12. The summed E-state index contributed by atoms with van der Waals surface area (Å²) in [5, 5.41) is 0. The van der Waals surface area contributed by atoms with Gasteiger partial charge in [0.25, 0.3) is 0 Å². The summed E-state index contributed by atoms with van der Waals surface area (Å²) >= 11 is 0. The third-order valence-electron chi connectivity index (χ3n) is 2.09. The molecule has 0 bridgehead atoms. The Hall–Kier alpha value is -0.653. The number of hydrogen-bond donors (Lipinski definition) is 0. The van der Waals surface area contributed by atoms with Gasteiger partial charge in [-0.3, -0.25) is 0 Å². The Morgan fingerprint density at radius 3 is 2.38 bits per heavy atom. The summed E-state index contributed by atoms with van der Waals surface area (Å²) < 4.78 is 16.1. The van der Waals surface area contributed by atoms with Crippen molar-refractivity contribution in [1.82, 2.24) is 0 Å². The lowest BCUT2D eigenvalue weighted by Crippen LogP contribution is -2.39. The van der Waals surface area contributed by atoms with Crippen LogP contribution in [0.3, 0.4) is 0 Å². The second-order valence-corrected chi connectivity index (χ2v) is 5.97. The fraction of sp³-hybridized carbons (Fsp3) is 0.727. The van der Waals surface area contributed by atoms with Crippen LogP contribution < -0.4 is 0 Å². The summed E-state index contributed by atoms with van der Waals surface area (Å²) in [7, 11) is -0.600. The zero-order chi connectivity index (χ0) is 12.4. The minimum absolute atomic E-state index is 0.372. The summed E-state index contributed by atoms with van der Waals surface area (Å²) in [6, 6.07) is 0.843. The van der Waals surface area contributed by atoms with Crippen molar-refractivity contribution in [2.24, 2.45) is 0 Å². The molecule has 0 atom stereocenters. The molecule has 16 heavy (non-hydrogen) atoms. The van der Waals surface area contributed by atoms with Crippen molar-refractivity contribution in [3.05, 3.63) is 12.7 Å². The summed E-state index contributed by atoms with van der Waals surface area (Å²) in [5.74, 6) is -0.372. The second kappa shape index (κ2) is 8.49. The number of esters is 1. The van der Waals surface area contributed by atoms with E-state index in [9.17, 15) is 4.79 Å². The molecule has 0 N–H and O–H groups in total. The maximum Gasteiger partial charge on any atom is 0.330 e. The average Bonchev–Trinajstić information content (AvgIpc) is 2.25. The molecule has 0 aliphatic rings. The molecule has 0 saturated carbocycles. The average molecular weight is 246 g/mol. The van der Waals surface area contributed by atoms with E-state index in [4.69, 9.17) is 14.2 Å². The first-order valence-electron chi connectivity index (χ1n) is 5.65. The molecule has 0 aromatic rings. The molecule has 0 heterocycles. The van der Waals surface area contributed by atoms with Crippen molar-refractivity contribution < 1.29 is 19.0 Å². The van der Waals surface area contributed by atoms with Crippen molar-refractivity contribution in [1.29, 1.82) is 0 Å². The van der Waals surface area contributed by atoms with Gasteiger partial charge >= 0.3 is 5.97 Å². The van der Waals surface area contributed by atoms with Gasteiger partial charge in [-0.15, -0.1) is 0 Å². The summed E-state index contributed by atoms with van der Waals surface area (Å²) in [4.78, 5) is 10.8. The normalized spacial score (nSPS) is 11.9. The van der Waals surface area contributed by atoms with E-state index in [0.29, 0.717) is 19.8 Å². The Balaban J connectivity index is 3.84. The summed E-state index contributed by atoms with van der Waals surface area (Å²) in [5.41, 5.74) is -0.440. The highest BCUT2D eigenvalue weighted by molar-refractivity contribution is 6.38. The first kappa shape index (κ1) is 15.3. The fourth-order valence-corrected chi connectivity index (χ4v) is 3.05. The highest BCUT2D eigenvalue weighted by Gasteiger charge is 2.24. The first-order chi connectivity index (χ1) is 7.58. The van der Waals surface area contributed by atoms with Gasteiger partial charge in [-0.05, 0) is 26.8 Å². The predicted octanol–water partition coefficient (Wildman–Crippen LogP) is 1.05. The van der Waals surface area contributed by atoms with E-state index in [2.05, 4.69) is 6.58 Å². The maximum atomic E-state index is 10.8. The van der Waals surface area contributed by atoms with Crippen LogP contribution in [-0.2, 0) is 19.0 Å². The van der Waals surface area contributed by atoms with Crippen molar-refractivity contribution in [3.8, 4) is 0 Å². The SMILES string of the molecule is C=CC(=O)OCC[SiH2]C(C)(OCC)OCC. The largest absolute Gasteiger partial charge is 0.463 e. The van der Waals surface area contributed by atoms with Crippen molar-refractivity contribution >= 4 is 15.5 Å². The van der Waals surface area contributed by atoms with Crippen LogP contribution in [-0.4, -0.2) is 40.7 Å². The number of hydrogen-bond acceptors (Lipinski definition) is 4. The summed E-state index contributed by atoms with van der Waals surface area (Å²) in [6.07, 6.45) is 1.17. The Bertz CT molecular complexity index is 212. The van der Waals surface area contributed by atoms with Gasteiger partial charge in [0.1, 0.15) is 5.41 Å². The Morgan fingerprint density at radius 1 is 1.38 bits per heavy atom. The molecule has 5 heteroatoms. The van der Waals surface area contributed by atoms with Gasteiger partial charge in [-0.2, -0.15) is 0 Å². The smallest absolute Gasteiger partial charge is 0.330 e. The van der Waals surface area contributed by atoms with Crippen molar-refractivity contribution in [2.75, 3.05) is 19.8 Å². The topological polar surface area (TPSA) is 44.8 Å². The van der Waals surface area contributed by atoms with Crippen molar-refractivity contribution in [3.63, 3.8) is 0 Å². The van der Waals surface area contributed by atoms with E-state index in [1.165, 1.54) is 6.08 Å². The van der Waals surface area contributed by atoms with Gasteiger partial charge in [0.15, 0.2) is 0 Å². The molecule has 0 fully saturated rings. The minimum atomic E-state index is -0.600. The third kappa shape index (κ3) is 6.76. The number of rotatable bonds is 9. The number of carbonyl (C=O) groups excluding carboxylic acids is 1. The standard InChI is InChI=1S/C11H22O4Si/c1-5-10(12)13-8-9-16-11(4,14-6-2)15-7-3/h5H,1,6-9,16H2,2-4H3. The molecule has 0 aliphatic heterocycles. The first-order valence-corrected chi connectivity index (χ1v) is 7.35. The molecular formula is C11H22O4Si. The van der Waals surface area contributed by atoms with Crippen LogP contribution >= 0.6 is 0 Å². The number of carbonyl (C=O) groups is 1. The van der Waals surface area contributed by atoms with Gasteiger partial charge in [-0.25, -0.2) is 4.79 Å². The molecule has 0 radical (unpaired) electrons. The van der Waals surface area contributed by atoms with Crippen molar-refractivity contribution in [2.45, 2.75) is 32.2 Å². The molecule has 0 spiro atoms. The molecule has 0 aromatic heterocycles. The monoisotopic (exact) mass is 246 g/mol. The van der Waals surface area contributed by atoms with Gasteiger partial charge < -0.3 is 14.2 Å². The Morgan fingerprint density at radius 2 is 1.94 bits per heavy atom. The lowest BCUT2D eigenvalue weighted by molar-refractivity contribution is -0.163. The molecule has 0 unspecified atom stereocenters. The molecule has 4 nitrogen and oxygen atoms in total. The lowest BCUT2D eigenvalue weighted by Gasteiger charge is -2.29.